The van der Waals surface area contributed by atoms with Gasteiger partial charge in [-0.05, 0) is 30.2 Å². The molecule has 3 nitrogen and oxygen atoms in total. The summed E-state index contributed by atoms with van der Waals surface area (Å²) in [5.41, 5.74) is 0. The molecule has 0 saturated heterocycles. The van der Waals surface area contributed by atoms with Crippen molar-refractivity contribution in [2.45, 2.75) is 38.6 Å². The van der Waals surface area contributed by atoms with Crippen LogP contribution in [0.15, 0.2) is 23.6 Å². The van der Waals surface area contributed by atoms with Crippen LogP contribution in [0.4, 0.5) is 5.82 Å². The van der Waals surface area contributed by atoms with E-state index in [4.69, 9.17) is 11.6 Å². The third kappa shape index (κ3) is 3.13. The number of thiophene rings is 1. The van der Waals surface area contributed by atoms with E-state index in [1.807, 2.05) is 6.07 Å². The fraction of sp³-hybridized carbons (Fsp3) is 0.467. The number of hydrogen-bond acceptors (Lipinski definition) is 4. The van der Waals surface area contributed by atoms with E-state index in [-0.39, 0.29) is 6.04 Å². The fourth-order valence-corrected chi connectivity index (χ4v) is 3.37. The molecule has 5 heteroatoms. The molecule has 106 valence electrons. The molecule has 1 N–H and O–H groups in total. The van der Waals surface area contributed by atoms with Gasteiger partial charge in [0.1, 0.15) is 16.8 Å². The van der Waals surface area contributed by atoms with Gasteiger partial charge in [-0.25, -0.2) is 9.97 Å². The zero-order chi connectivity index (χ0) is 14.1. The highest BCUT2D eigenvalue weighted by atomic mass is 35.5. The Bertz CT molecular complexity index is 579. The minimum Gasteiger partial charge on any atom is -0.362 e. The molecule has 0 bridgehead atoms. The van der Waals surface area contributed by atoms with E-state index in [1.165, 1.54) is 17.7 Å². The molecular weight excluding hydrogens is 290 g/mol. The third-order valence-corrected chi connectivity index (χ3v) is 4.62. The van der Waals surface area contributed by atoms with E-state index in [2.05, 4.69) is 46.6 Å². The van der Waals surface area contributed by atoms with Crippen molar-refractivity contribution in [3.05, 3.63) is 39.4 Å². The molecule has 1 fully saturated rings. The molecule has 1 aliphatic rings. The molecule has 0 amide bonds. The minimum atomic E-state index is 0.257. The predicted molar refractivity (Wildman–Crippen MR) is 84.5 cm³/mol. The van der Waals surface area contributed by atoms with Crippen molar-refractivity contribution in [3.8, 4) is 0 Å². The van der Waals surface area contributed by atoms with Gasteiger partial charge in [-0.1, -0.05) is 31.5 Å². The summed E-state index contributed by atoms with van der Waals surface area (Å²) >= 11 is 7.89. The van der Waals surface area contributed by atoms with Crippen molar-refractivity contribution in [3.63, 3.8) is 0 Å². The topological polar surface area (TPSA) is 37.8 Å². The van der Waals surface area contributed by atoms with Crippen LogP contribution in [-0.4, -0.2) is 9.97 Å². The number of anilines is 1. The van der Waals surface area contributed by atoms with E-state index in [9.17, 15) is 0 Å². The van der Waals surface area contributed by atoms with E-state index in [0.717, 1.165) is 11.6 Å². The first kappa shape index (κ1) is 13.8. The predicted octanol–water partition coefficient (Wildman–Crippen LogP) is 4.88. The second kappa shape index (κ2) is 5.70. The van der Waals surface area contributed by atoms with Crippen LogP contribution in [0.2, 0.25) is 5.15 Å². The Labute approximate surface area is 128 Å². The molecule has 3 rings (SSSR count). The second-order valence-corrected chi connectivity index (χ2v) is 6.96. The number of nitrogens with one attached hydrogen (secondary N) is 1. The van der Waals surface area contributed by atoms with Crippen molar-refractivity contribution in [2.24, 2.45) is 5.92 Å². The minimum absolute atomic E-state index is 0.257. The third-order valence-electron chi connectivity index (χ3n) is 3.47. The molecule has 1 saturated carbocycles. The van der Waals surface area contributed by atoms with Gasteiger partial charge in [0.15, 0.2) is 0 Å². The smallest absolute Gasteiger partial charge is 0.135 e. The first-order valence-corrected chi connectivity index (χ1v) is 8.23. The average molecular weight is 308 g/mol. The van der Waals surface area contributed by atoms with Crippen LogP contribution in [-0.2, 0) is 0 Å². The normalized spacial score (nSPS) is 16.4. The SMILES string of the molecule is CC(C)C(Nc1cc(Cl)nc(C2CC2)n1)c1cccs1. The Hall–Kier alpha value is -1.13. The molecule has 1 unspecified atom stereocenters. The summed E-state index contributed by atoms with van der Waals surface area (Å²) in [4.78, 5) is 10.3. The van der Waals surface area contributed by atoms with Gasteiger partial charge < -0.3 is 5.32 Å². The lowest BCUT2D eigenvalue weighted by atomic mass is 10.0. The van der Waals surface area contributed by atoms with Gasteiger partial charge in [0.25, 0.3) is 0 Å². The number of aromatic nitrogens is 2. The Balaban J connectivity index is 1.85. The fourth-order valence-electron chi connectivity index (χ4n) is 2.23. The highest BCUT2D eigenvalue weighted by Crippen LogP contribution is 2.39. The molecule has 2 aromatic heterocycles. The standard InChI is InChI=1S/C15H18ClN3S/c1-9(2)14(11-4-3-7-20-11)18-13-8-12(16)17-15(19-13)10-5-6-10/h3-4,7-10,14H,5-6H2,1-2H3,(H,17,18,19). The zero-order valence-corrected chi connectivity index (χ0v) is 13.2. The first-order valence-electron chi connectivity index (χ1n) is 6.98. The molecule has 1 aliphatic carbocycles. The van der Waals surface area contributed by atoms with Crippen LogP contribution < -0.4 is 5.32 Å². The molecule has 0 aromatic carbocycles. The first-order chi connectivity index (χ1) is 9.63. The summed E-state index contributed by atoms with van der Waals surface area (Å²) < 4.78 is 0. The molecular formula is C15H18ClN3S. The maximum absolute atomic E-state index is 6.12. The van der Waals surface area contributed by atoms with Gasteiger partial charge in [0.05, 0.1) is 6.04 Å². The van der Waals surface area contributed by atoms with Gasteiger partial charge in [-0.3, -0.25) is 0 Å². The largest absolute Gasteiger partial charge is 0.362 e. The lowest BCUT2D eigenvalue weighted by Gasteiger charge is -2.22. The van der Waals surface area contributed by atoms with E-state index in [0.29, 0.717) is 17.0 Å². The highest BCUT2D eigenvalue weighted by molar-refractivity contribution is 7.10. The molecule has 1 atom stereocenters. The summed E-state index contributed by atoms with van der Waals surface area (Å²) in [6.45, 7) is 4.42. The monoisotopic (exact) mass is 307 g/mol. The van der Waals surface area contributed by atoms with Crippen LogP contribution >= 0.6 is 22.9 Å². The van der Waals surface area contributed by atoms with Gasteiger partial charge in [-0.15, -0.1) is 11.3 Å². The van der Waals surface area contributed by atoms with Gasteiger partial charge in [0.2, 0.25) is 0 Å². The van der Waals surface area contributed by atoms with Crippen molar-refractivity contribution >= 4 is 28.8 Å². The van der Waals surface area contributed by atoms with Gasteiger partial charge in [-0.2, -0.15) is 0 Å². The van der Waals surface area contributed by atoms with E-state index < -0.39 is 0 Å². The quantitative estimate of drug-likeness (QED) is 0.800. The molecule has 2 heterocycles. The zero-order valence-electron chi connectivity index (χ0n) is 11.6. The van der Waals surface area contributed by atoms with Crippen molar-refractivity contribution in [2.75, 3.05) is 5.32 Å². The Morgan fingerprint density at radius 1 is 1.35 bits per heavy atom. The number of nitrogens with zero attached hydrogens (tertiary/aromatic N) is 2. The average Bonchev–Trinajstić information content (AvgIpc) is 3.11. The summed E-state index contributed by atoms with van der Waals surface area (Å²) in [6, 6.07) is 6.32. The maximum Gasteiger partial charge on any atom is 0.135 e. The number of halogens is 1. The molecule has 0 radical (unpaired) electrons. The summed E-state index contributed by atoms with van der Waals surface area (Å²) in [5, 5.41) is 6.15. The highest BCUT2D eigenvalue weighted by Gasteiger charge is 2.27. The molecule has 20 heavy (non-hydrogen) atoms. The molecule has 0 aliphatic heterocycles. The lowest BCUT2D eigenvalue weighted by Crippen LogP contribution is -2.17. The van der Waals surface area contributed by atoms with E-state index >= 15 is 0 Å². The number of rotatable bonds is 5. The van der Waals surface area contributed by atoms with Gasteiger partial charge in [0, 0.05) is 16.9 Å². The molecule has 0 spiro atoms. The van der Waals surface area contributed by atoms with Crippen molar-refractivity contribution in [1.82, 2.24) is 9.97 Å². The van der Waals surface area contributed by atoms with Crippen molar-refractivity contribution in [1.29, 1.82) is 0 Å². The van der Waals surface area contributed by atoms with Crippen LogP contribution in [0.3, 0.4) is 0 Å². The summed E-state index contributed by atoms with van der Waals surface area (Å²) in [7, 11) is 0. The lowest BCUT2D eigenvalue weighted by molar-refractivity contribution is 0.551. The van der Waals surface area contributed by atoms with E-state index in [1.54, 1.807) is 11.3 Å². The van der Waals surface area contributed by atoms with Crippen molar-refractivity contribution < 1.29 is 0 Å². The Morgan fingerprint density at radius 2 is 2.15 bits per heavy atom. The second-order valence-electron chi connectivity index (χ2n) is 5.59. The maximum atomic E-state index is 6.12. The Kier molecular flexibility index (Phi) is 3.94. The summed E-state index contributed by atoms with van der Waals surface area (Å²) in [5.74, 6) is 2.70. The molecule has 2 aromatic rings. The summed E-state index contributed by atoms with van der Waals surface area (Å²) in [6.07, 6.45) is 2.36. The number of hydrogen-bond donors (Lipinski definition) is 1. The van der Waals surface area contributed by atoms with Crippen LogP contribution in [0.25, 0.3) is 0 Å². The van der Waals surface area contributed by atoms with Gasteiger partial charge >= 0.3 is 0 Å². The Morgan fingerprint density at radius 3 is 2.75 bits per heavy atom. The van der Waals surface area contributed by atoms with Crippen LogP contribution in [0.5, 0.6) is 0 Å². The van der Waals surface area contributed by atoms with Crippen LogP contribution in [0, 0.1) is 5.92 Å². The van der Waals surface area contributed by atoms with Crippen LogP contribution in [0.1, 0.15) is 49.4 Å².